The van der Waals surface area contributed by atoms with Crippen LogP contribution in [-0.4, -0.2) is 37.6 Å². The minimum absolute atomic E-state index is 0.0292. The Morgan fingerprint density at radius 2 is 2.20 bits per heavy atom. The summed E-state index contributed by atoms with van der Waals surface area (Å²) in [6, 6.07) is 11.9. The van der Waals surface area contributed by atoms with E-state index in [0.717, 1.165) is 10.1 Å². The van der Waals surface area contributed by atoms with Crippen molar-refractivity contribution in [3.63, 3.8) is 0 Å². The molecule has 0 spiro atoms. The van der Waals surface area contributed by atoms with Crippen LogP contribution in [0.15, 0.2) is 30.3 Å². The first-order valence-electron chi connectivity index (χ1n) is 6.40. The number of methoxy groups -OCH3 is 1. The van der Waals surface area contributed by atoms with Crippen LogP contribution in [0.4, 0.5) is 0 Å². The number of ether oxygens (including phenoxy) is 1. The monoisotopic (exact) mass is 288 g/mol. The van der Waals surface area contributed by atoms with Gasteiger partial charge in [0.1, 0.15) is 0 Å². The van der Waals surface area contributed by atoms with E-state index in [2.05, 4.69) is 6.07 Å². The van der Waals surface area contributed by atoms with Gasteiger partial charge in [-0.1, -0.05) is 18.2 Å². The minimum Gasteiger partial charge on any atom is -0.383 e. The summed E-state index contributed by atoms with van der Waals surface area (Å²) in [6.45, 7) is 1.42. The van der Waals surface area contributed by atoms with Crippen LogP contribution in [0, 0.1) is 11.3 Å². The number of hydrogen-bond donors (Lipinski definition) is 0. The van der Waals surface area contributed by atoms with Crippen LogP contribution in [0.3, 0.4) is 0 Å². The third kappa shape index (κ3) is 3.35. The molecule has 0 unspecified atom stereocenters. The van der Waals surface area contributed by atoms with Gasteiger partial charge in [0.2, 0.25) is 0 Å². The van der Waals surface area contributed by atoms with Crippen molar-refractivity contribution in [1.29, 1.82) is 5.26 Å². The van der Waals surface area contributed by atoms with Crippen LogP contribution < -0.4 is 0 Å². The van der Waals surface area contributed by atoms with Crippen molar-refractivity contribution < 1.29 is 9.53 Å². The molecule has 0 bridgehead atoms. The highest BCUT2D eigenvalue weighted by Gasteiger charge is 2.17. The Bertz CT molecular complexity index is 597. The number of carbonyl (C=O) groups excluding carboxylic acids is 1. The molecular formula is C15H16N2O2S. The number of nitrogens with zero attached hydrogens (tertiary/aromatic N) is 2. The highest BCUT2D eigenvalue weighted by atomic mass is 32.1. The second kappa shape index (κ2) is 7.04. The lowest BCUT2D eigenvalue weighted by molar-refractivity contribution is 0.0704. The number of benzene rings is 1. The Balaban J connectivity index is 2.18. The molecule has 0 atom stereocenters. The van der Waals surface area contributed by atoms with Crippen molar-refractivity contribution in [3.8, 4) is 6.07 Å². The first-order valence-corrected chi connectivity index (χ1v) is 7.21. The van der Waals surface area contributed by atoms with Crippen molar-refractivity contribution in [3.05, 3.63) is 35.2 Å². The highest BCUT2D eigenvalue weighted by molar-refractivity contribution is 7.20. The Morgan fingerprint density at radius 1 is 1.40 bits per heavy atom. The largest absolute Gasteiger partial charge is 0.383 e. The summed E-state index contributed by atoms with van der Waals surface area (Å²) in [7, 11) is 1.60. The van der Waals surface area contributed by atoms with E-state index < -0.39 is 0 Å². The normalized spacial score (nSPS) is 10.4. The molecule has 1 aromatic carbocycles. The average Bonchev–Trinajstić information content (AvgIpc) is 2.90. The second-order valence-corrected chi connectivity index (χ2v) is 5.43. The van der Waals surface area contributed by atoms with E-state index in [1.165, 1.54) is 11.3 Å². The predicted octanol–water partition coefficient (Wildman–Crippen LogP) is 2.90. The quantitative estimate of drug-likeness (QED) is 0.821. The maximum absolute atomic E-state index is 12.5. The van der Waals surface area contributed by atoms with Crippen LogP contribution in [-0.2, 0) is 4.74 Å². The molecule has 20 heavy (non-hydrogen) atoms. The van der Waals surface area contributed by atoms with Gasteiger partial charge < -0.3 is 9.64 Å². The van der Waals surface area contributed by atoms with E-state index in [9.17, 15) is 4.79 Å². The van der Waals surface area contributed by atoms with Gasteiger partial charge in [0, 0.05) is 24.9 Å². The third-order valence-corrected chi connectivity index (χ3v) is 4.09. The smallest absolute Gasteiger partial charge is 0.264 e. The van der Waals surface area contributed by atoms with Crippen molar-refractivity contribution in [2.24, 2.45) is 0 Å². The highest BCUT2D eigenvalue weighted by Crippen LogP contribution is 2.26. The van der Waals surface area contributed by atoms with Crippen molar-refractivity contribution >= 4 is 27.3 Å². The maximum atomic E-state index is 12.5. The molecule has 0 aliphatic rings. The van der Waals surface area contributed by atoms with E-state index in [0.29, 0.717) is 31.0 Å². The van der Waals surface area contributed by atoms with Crippen LogP contribution in [0.1, 0.15) is 16.1 Å². The first kappa shape index (κ1) is 14.5. The predicted molar refractivity (Wildman–Crippen MR) is 79.8 cm³/mol. The minimum atomic E-state index is -0.0292. The molecule has 0 fully saturated rings. The molecule has 0 aliphatic carbocycles. The Kier molecular flexibility index (Phi) is 5.10. The average molecular weight is 288 g/mol. The summed E-state index contributed by atoms with van der Waals surface area (Å²) in [5, 5.41) is 9.77. The van der Waals surface area contributed by atoms with Crippen molar-refractivity contribution in [1.82, 2.24) is 4.90 Å². The number of hydrogen-bond acceptors (Lipinski definition) is 4. The lowest BCUT2D eigenvalue weighted by Crippen LogP contribution is -2.34. The fraction of sp³-hybridized carbons (Fsp3) is 0.333. The number of nitriles is 1. The Hall–Kier alpha value is -1.90. The molecule has 2 aromatic rings. The zero-order valence-corrected chi connectivity index (χ0v) is 12.2. The number of thiophene rings is 1. The maximum Gasteiger partial charge on any atom is 0.264 e. The number of rotatable bonds is 6. The molecule has 0 saturated heterocycles. The van der Waals surface area contributed by atoms with Gasteiger partial charge in [-0.2, -0.15) is 5.26 Å². The fourth-order valence-electron chi connectivity index (χ4n) is 1.94. The van der Waals surface area contributed by atoms with Crippen molar-refractivity contribution in [2.75, 3.05) is 26.8 Å². The van der Waals surface area contributed by atoms with Gasteiger partial charge in [0.15, 0.2) is 0 Å². The van der Waals surface area contributed by atoms with E-state index in [-0.39, 0.29) is 5.91 Å². The molecule has 104 valence electrons. The summed E-state index contributed by atoms with van der Waals surface area (Å²) in [5.41, 5.74) is 0. The number of fused-ring (bicyclic) bond motifs is 1. The van der Waals surface area contributed by atoms with Gasteiger partial charge >= 0.3 is 0 Å². The molecule has 1 aromatic heterocycles. The molecule has 5 heteroatoms. The second-order valence-electron chi connectivity index (χ2n) is 4.34. The number of carbonyl (C=O) groups is 1. The lowest BCUT2D eigenvalue weighted by atomic mass is 10.2. The zero-order valence-electron chi connectivity index (χ0n) is 11.3. The molecule has 1 amide bonds. The SMILES string of the molecule is COCCN(CCC#N)C(=O)c1cc2ccccc2s1. The number of amides is 1. The topological polar surface area (TPSA) is 53.3 Å². The first-order chi connectivity index (χ1) is 9.76. The fourth-order valence-corrected chi connectivity index (χ4v) is 2.98. The lowest BCUT2D eigenvalue weighted by Gasteiger charge is -2.20. The molecular weight excluding hydrogens is 272 g/mol. The van der Waals surface area contributed by atoms with E-state index >= 15 is 0 Å². The molecule has 2 rings (SSSR count). The molecule has 1 heterocycles. The molecule has 0 saturated carbocycles. The standard InChI is InChI=1S/C15H16N2O2S/c1-19-10-9-17(8-4-7-16)15(18)14-11-12-5-2-3-6-13(12)20-14/h2-3,5-6,11H,4,8-10H2,1H3. The summed E-state index contributed by atoms with van der Waals surface area (Å²) in [5.74, 6) is -0.0292. The van der Waals surface area contributed by atoms with Gasteiger partial charge in [-0.25, -0.2) is 0 Å². The Labute approximate surface area is 122 Å². The summed E-state index contributed by atoms with van der Waals surface area (Å²) in [6.07, 6.45) is 0.334. The van der Waals surface area contributed by atoms with Crippen LogP contribution in [0.25, 0.3) is 10.1 Å². The van der Waals surface area contributed by atoms with Gasteiger partial charge in [-0.05, 0) is 17.5 Å². The van der Waals surface area contributed by atoms with E-state index in [4.69, 9.17) is 10.00 Å². The summed E-state index contributed by atoms with van der Waals surface area (Å²) < 4.78 is 6.12. The van der Waals surface area contributed by atoms with Gasteiger partial charge in [0.05, 0.1) is 24.0 Å². The molecule has 0 N–H and O–H groups in total. The van der Waals surface area contributed by atoms with Gasteiger partial charge in [-0.15, -0.1) is 11.3 Å². The van der Waals surface area contributed by atoms with Crippen LogP contribution >= 0.6 is 11.3 Å². The van der Waals surface area contributed by atoms with E-state index in [1.54, 1.807) is 12.0 Å². The van der Waals surface area contributed by atoms with Crippen LogP contribution in [0.5, 0.6) is 0 Å². The van der Waals surface area contributed by atoms with Crippen molar-refractivity contribution in [2.45, 2.75) is 6.42 Å². The zero-order chi connectivity index (χ0) is 14.4. The van der Waals surface area contributed by atoms with E-state index in [1.807, 2.05) is 30.3 Å². The van der Waals surface area contributed by atoms with Gasteiger partial charge in [0.25, 0.3) is 5.91 Å². The van der Waals surface area contributed by atoms with Crippen LogP contribution in [0.2, 0.25) is 0 Å². The molecule has 0 aliphatic heterocycles. The Morgan fingerprint density at radius 3 is 2.90 bits per heavy atom. The summed E-state index contributed by atoms with van der Waals surface area (Å²) >= 11 is 1.49. The molecule has 0 radical (unpaired) electrons. The van der Waals surface area contributed by atoms with Gasteiger partial charge in [-0.3, -0.25) is 4.79 Å². The summed E-state index contributed by atoms with van der Waals surface area (Å²) in [4.78, 5) is 14.9. The molecule has 4 nitrogen and oxygen atoms in total. The third-order valence-electron chi connectivity index (χ3n) is 2.98.